The zero-order chi connectivity index (χ0) is 14.1. The number of rotatable bonds is 6. The van der Waals surface area contributed by atoms with Gasteiger partial charge in [0.15, 0.2) is 11.5 Å². The van der Waals surface area contributed by atoms with E-state index >= 15 is 0 Å². The third-order valence-corrected chi connectivity index (χ3v) is 2.54. The number of unbranched alkanes of at least 4 members (excludes halogenated alkanes) is 1. The van der Waals surface area contributed by atoms with E-state index in [1.807, 2.05) is 0 Å². The van der Waals surface area contributed by atoms with Gasteiger partial charge in [0.05, 0.1) is 14.2 Å². The predicted octanol–water partition coefficient (Wildman–Crippen LogP) is 1.79. The molecule has 4 nitrogen and oxygen atoms in total. The zero-order valence-electron chi connectivity index (χ0n) is 11.2. The van der Waals surface area contributed by atoms with Crippen molar-refractivity contribution in [1.82, 2.24) is 0 Å². The Morgan fingerprint density at radius 1 is 1.21 bits per heavy atom. The largest absolute Gasteiger partial charge is 0.493 e. The first-order chi connectivity index (χ1) is 9.21. The molecule has 102 valence electrons. The molecular formula is C15H18O4. The summed E-state index contributed by atoms with van der Waals surface area (Å²) in [7, 11) is 3.11. The van der Waals surface area contributed by atoms with Crippen LogP contribution in [0.5, 0.6) is 11.5 Å². The number of carbonyl (C=O) groups excluding carboxylic acids is 1. The van der Waals surface area contributed by atoms with Crippen molar-refractivity contribution in [2.75, 3.05) is 20.8 Å². The molecule has 0 amide bonds. The molecule has 1 aromatic rings. The Bertz CT molecular complexity index is 483. The van der Waals surface area contributed by atoms with E-state index in [-0.39, 0.29) is 12.4 Å². The molecule has 0 aromatic heterocycles. The van der Waals surface area contributed by atoms with Gasteiger partial charge in [-0.1, -0.05) is 5.92 Å². The summed E-state index contributed by atoms with van der Waals surface area (Å²) in [6, 6.07) is 5.25. The smallest absolute Gasteiger partial charge is 0.205 e. The monoisotopic (exact) mass is 262 g/mol. The summed E-state index contributed by atoms with van der Waals surface area (Å²) in [6.07, 6.45) is 1.67. The average molecular weight is 262 g/mol. The topological polar surface area (TPSA) is 55.8 Å². The van der Waals surface area contributed by atoms with Crippen molar-refractivity contribution in [2.45, 2.75) is 19.3 Å². The second kappa shape index (κ2) is 8.17. The number of aliphatic hydroxyl groups excluding tert-OH is 1. The average Bonchev–Trinajstić information content (AvgIpc) is 2.45. The molecule has 19 heavy (non-hydrogen) atoms. The van der Waals surface area contributed by atoms with Crippen molar-refractivity contribution in [1.29, 1.82) is 0 Å². The van der Waals surface area contributed by atoms with Gasteiger partial charge in [-0.2, -0.15) is 0 Å². The fourth-order valence-electron chi connectivity index (χ4n) is 1.52. The Morgan fingerprint density at radius 3 is 2.58 bits per heavy atom. The fraction of sp³-hybridized carbons (Fsp3) is 0.400. The molecule has 1 aromatic carbocycles. The molecule has 0 bridgehead atoms. The molecule has 0 heterocycles. The van der Waals surface area contributed by atoms with Crippen LogP contribution < -0.4 is 9.47 Å². The van der Waals surface area contributed by atoms with E-state index in [9.17, 15) is 4.79 Å². The van der Waals surface area contributed by atoms with Crippen molar-refractivity contribution in [3.05, 3.63) is 23.8 Å². The molecule has 0 spiro atoms. The second-order valence-corrected chi connectivity index (χ2v) is 3.92. The normalized spacial score (nSPS) is 9.42. The van der Waals surface area contributed by atoms with Gasteiger partial charge < -0.3 is 14.6 Å². The van der Waals surface area contributed by atoms with Crippen LogP contribution in [0.2, 0.25) is 0 Å². The maximum Gasteiger partial charge on any atom is 0.205 e. The van der Waals surface area contributed by atoms with Crippen LogP contribution in [0.1, 0.15) is 24.8 Å². The van der Waals surface area contributed by atoms with Crippen molar-refractivity contribution < 1.29 is 19.4 Å². The number of carbonyl (C=O) groups is 1. The maximum absolute atomic E-state index is 11.5. The molecular weight excluding hydrogens is 244 g/mol. The highest BCUT2D eigenvalue weighted by Crippen LogP contribution is 2.27. The summed E-state index contributed by atoms with van der Waals surface area (Å²) in [4.78, 5) is 11.5. The summed E-state index contributed by atoms with van der Waals surface area (Å²) >= 11 is 0. The van der Waals surface area contributed by atoms with Crippen LogP contribution in [0, 0.1) is 11.8 Å². The molecule has 4 heteroatoms. The van der Waals surface area contributed by atoms with Gasteiger partial charge in [-0.3, -0.25) is 4.79 Å². The number of Topliss-reactive ketones (excluding diaryl/α,β-unsaturated/α-hetero) is 1. The van der Waals surface area contributed by atoms with Gasteiger partial charge in [0, 0.05) is 18.6 Å². The predicted molar refractivity (Wildman–Crippen MR) is 72.4 cm³/mol. The standard InChI is InChI=1S/C15H18O4/c1-18-14-9-7-12(11-15(14)19-2)6-8-13(17)5-3-4-10-16/h7,9,11,16H,3-5,10H2,1-2H3. The Kier molecular flexibility index (Phi) is 6.48. The highest BCUT2D eigenvalue weighted by atomic mass is 16.5. The van der Waals surface area contributed by atoms with Gasteiger partial charge in [-0.25, -0.2) is 0 Å². The molecule has 1 N–H and O–H groups in total. The SMILES string of the molecule is COc1ccc(C#CC(=O)CCCCO)cc1OC. The number of ketones is 1. The van der Waals surface area contributed by atoms with Gasteiger partial charge in [0.25, 0.3) is 0 Å². The van der Waals surface area contributed by atoms with Crippen molar-refractivity contribution in [3.8, 4) is 23.3 Å². The van der Waals surface area contributed by atoms with Gasteiger partial charge in [0.2, 0.25) is 5.78 Å². The van der Waals surface area contributed by atoms with E-state index in [1.165, 1.54) is 0 Å². The minimum Gasteiger partial charge on any atom is -0.493 e. The van der Waals surface area contributed by atoms with E-state index in [0.29, 0.717) is 36.3 Å². The zero-order valence-corrected chi connectivity index (χ0v) is 11.2. The molecule has 1 rings (SSSR count). The first-order valence-electron chi connectivity index (χ1n) is 6.09. The van der Waals surface area contributed by atoms with E-state index in [1.54, 1.807) is 32.4 Å². The molecule has 0 saturated carbocycles. The molecule has 0 atom stereocenters. The highest BCUT2D eigenvalue weighted by Gasteiger charge is 2.03. The van der Waals surface area contributed by atoms with Crippen molar-refractivity contribution in [3.63, 3.8) is 0 Å². The third kappa shape index (κ3) is 5.02. The number of hydrogen-bond donors (Lipinski definition) is 1. The Morgan fingerprint density at radius 2 is 1.95 bits per heavy atom. The lowest BCUT2D eigenvalue weighted by molar-refractivity contribution is -0.113. The second-order valence-electron chi connectivity index (χ2n) is 3.92. The van der Waals surface area contributed by atoms with Crippen molar-refractivity contribution >= 4 is 5.78 Å². The van der Waals surface area contributed by atoms with Crippen LogP contribution in [0.25, 0.3) is 0 Å². The van der Waals surface area contributed by atoms with Crippen LogP contribution in [0.15, 0.2) is 18.2 Å². The summed E-state index contributed by atoms with van der Waals surface area (Å²) in [6.45, 7) is 0.108. The lowest BCUT2D eigenvalue weighted by Gasteiger charge is -2.06. The van der Waals surface area contributed by atoms with E-state index in [2.05, 4.69) is 11.8 Å². The summed E-state index contributed by atoms with van der Waals surface area (Å²) in [5.41, 5.74) is 0.702. The van der Waals surface area contributed by atoms with Crippen molar-refractivity contribution in [2.24, 2.45) is 0 Å². The first-order valence-corrected chi connectivity index (χ1v) is 6.09. The quantitative estimate of drug-likeness (QED) is 0.627. The van der Waals surface area contributed by atoms with Crippen LogP contribution in [-0.2, 0) is 4.79 Å². The number of ether oxygens (including phenoxy) is 2. The third-order valence-electron chi connectivity index (χ3n) is 2.54. The highest BCUT2D eigenvalue weighted by molar-refractivity contribution is 5.95. The molecule has 0 unspecified atom stereocenters. The van der Waals surface area contributed by atoms with Crippen LogP contribution >= 0.6 is 0 Å². The van der Waals surface area contributed by atoms with E-state index in [4.69, 9.17) is 14.6 Å². The Hall–Kier alpha value is -1.99. The van der Waals surface area contributed by atoms with Crippen LogP contribution in [0.4, 0.5) is 0 Å². The first kappa shape index (κ1) is 15.1. The van der Waals surface area contributed by atoms with Crippen LogP contribution in [-0.4, -0.2) is 31.7 Å². The van der Waals surface area contributed by atoms with E-state index in [0.717, 1.165) is 0 Å². The number of methoxy groups -OCH3 is 2. The maximum atomic E-state index is 11.5. The summed E-state index contributed by atoms with van der Waals surface area (Å²) in [5.74, 6) is 6.47. The van der Waals surface area contributed by atoms with Gasteiger partial charge in [-0.15, -0.1) is 0 Å². The Balaban J connectivity index is 2.69. The summed E-state index contributed by atoms with van der Waals surface area (Å²) < 4.78 is 10.3. The minimum absolute atomic E-state index is 0.108. The van der Waals surface area contributed by atoms with Crippen LogP contribution in [0.3, 0.4) is 0 Å². The molecule has 0 fully saturated rings. The molecule has 0 aliphatic carbocycles. The Labute approximate surface area is 113 Å². The number of hydrogen-bond acceptors (Lipinski definition) is 4. The molecule has 0 radical (unpaired) electrons. The number of aliphatic hydroxyl groups is 1. The van der Waals surface area contributed by atoms with Gasteiger partial charge in [0.1, 0.15) is 0 Å². The fourth-order valence-corrected chi connectivity index (χ4v) is 1.52. The lowest BCUT2D eigenvalue weighted by atomic mass is 10.1. The van der Waals surface area contributed by atoms with Gasteiger partial charge in [-0.05, 0) is 37.0 Å². The lowest BCUT2D eigenvalue weighted by Crippen LogP contribution is -1.95. The minimum atomic E-state index is -0.122. The summed E-state index contributed by atoms with van der Waals surface area (Å²) in [5, 5.41) is 8.62. The number of benzene rings is 1. The molecule has 0 saturated heterocycles. The molecule has 0 aliphatic heterocycles. The molecule has 0 aliphatic rings. The van der Waals surface area contributed by atoms with Gasteiger partial charge >= 0.3 is 0 Å². The van der Waals surface area contributed by atoms with E-state index < -0.39 is 0 Å².